The van der Waals surface area contributed by atoms with Crippen LogP contribution in [0, 0.1) is 13.8 Å². The van der Waals surface area contributed by atoms with Crippen molar-refractivity contribution in [1.82, 2.24) is 14.8 Å². The van der Waals surface area contributed by atoms with Crippen LogP contribution >= 0.6 is 23.5 Å². The van der Waals surface area contributed by atoms with Gasteiger partial charge in [0.15, 0.2) is 5.16 Å². The first-order valence-corrected chi connectivity index (χ1v) is 10.3. The van der Waals surface area contributed by atoms with E-state index >= 15 is 0 Å². The Labute approximate surface area is 169 Å². The first-order valence-electron chi connectivity index (χ1n) is 8.39. The van der Waals surface area contributed by atoms with E-state index in [4.69, 9.17) is 0 Å². The summed E-state index contributed by atoms with van der Waals surface area (Å²) in [5.74, 6) is -1.79. The first-order chi connectivity index (χ1) is 13.4. The molecule has 0 aliphatic carbocycles. The lowest BCUT2D eigenvalue weighted by Crippen LogP contribution is -2.14. The molecule has 3 rings (SSSR count). The number of carbonyl (C=O) groups is 1. The minimum absolute atomic E-state index is 0.150. The van der Waals surface area contributed by atoms with Crippen LogP contribution in [0.4, 0.5) is 14.5 Å². The number of para-hydroxylation sites is 1. The van der Waals surface area contributed by atoms with Crippen LogP contribution in [0.5, 0.6) is 0 Å². The summed E-state index contributed by atoms with van der Waals surface area (Å²) in [5, 5.41) is 11.7. The van der Waals surface area contributed by atoms with Crippen LogP contribution in [0.2, 0.25) is 0 Å². The minimum atomic E-state index is -2.47. The van der Waals surface area contributed by atoms with E-state index in [2.05, 4.69) is 15.5 Å². The molecule has 0 aliphatic heterocycles. The van der Waals surface area contributed by atoms with Crippen molar-refractivity contribution in [3.05, 3.63) is 59.9 Å². The third kappa shape index (κ3) is 5.11. The van der Waals surface area contributed by atoms with Crippen LogP contribution in [0.15, 0.2) is 58.6 Å². The van der Waals surface area contributed by atoms with E-state index in [-0.39, 0.29) is 11.7 Å². The van der Waals surface area contributed by atoms with E-state index < -0.39 is 5.76 Å². The van der Waals surface area contributed by atoms with Crippen molar-refractivity contribution in [3.8, 4) is 5.69 Å². The zero-order valence-corrected chi connectivity index (χ0v) is 16.9. The van der Waals surface area contributed by atoms with Crippen molar-refractivity contribution in [3.63, 3.8) is 0 Å². The molecule has 1 N–H and O–H groups in total. The number of nitrogens with zero attached hydrogens (tertiary/aromatic N) is 3. The van der Waals surface area contributed by atoms with Gasteiger partial charge in [-0.05, 0) is 49.7 Å². The Kier molecular flexibility index (Phi) is 6.69. The summed E-state index contributed by atoms with van der Waals surface area (Å²) in [6, 6.07) is 14.2. The molecule has 28 heavy (non-hydrogen) atoms. The highest BCUT2D eigenvalue weighted by atomic mass is 32.2. The van der Waals surface area contributed by atoms with Gasteiger partial charge in [0.25, 0.3) is 5.76 Å². The highest BCUT2D eigenvalue weighted by Crippen LogP contribution is 2.27. The van der Waals surface area contributed by atoms with Gasteiger partial charge < -0.3 is 5.32 Å². The number of rotatable bonds is 7. The maximum atomic E-state index is 12.4. The highest BCUT2D eigenvalue weighted by molar-refractivity contribution is 8.00. The molecular weight excluding hydrogens is 402 g/mol. The molecule has 1 amide bonds. The van der Waals surface area contributed by atoms with Crippen molar-refractivity contribution in [1.29, 1.82) is 0 Å². The molecule has 0 saturated carbocycles. The summed E-state index contributed by atoms with van der Waals surface area (Å²) in [6.45, 7) is 3.87. The maximum absolute atomic E-state index is 12.4. The van der Waals surface area contributed by atoms with Crippen LogP contribution in [-0.2, 0) is 4.79 Å². The number of benzene rings is 2. The molecule has 0 bridgehead atoms. The Morgan fingerprint density at radius 2 is 1.82 bits per heavy atom. The summed E-state index contributed by atoms with van der Waals surface area (Å²) in [4.78, 5) is 12.7. The minimum Gasteiger partial charge on any atom is -0.325 e. The summed E-state index contributed by atoms with van der Waals surface area (Å²) < 4.78 is 26.6. The number of aromatic nitrogens is 3. The van der Waals surface area contributed by atoms with Crippen LogP contribution in [0.25, 0.3) is 5.69 Å². The molecule has 5 nitrogen and oxygen atoms in total. The standard InChI is InChI=1S/C19H18F2N4OS2/c1-12-5-3-4-6-16(12)25-13(2)23-24-19(25)27-11-17(26)22-14-7-9-15(10-8-14)28-18(20)21/h3-10,18H,11H2,1-2H3,(H,22,26). The van der Waals surface area contributed by atoms with E-state index in [0.29, 0.717) is 27.5 Å². The molecule has 0 unspecified atom stereocenters. The first kappa shape index (κ1) is 20.3. The Morgan fingerprint density at radius 1 is 1.11 bits per heavy atom. The fourth-order valence-electron chi connectivity index (χ4n) is 2.57. The SMILES string of the molecule is Cc1ccccc1-n1c(C)nnc1SCC(=O)Nc1ccc(SC(F)F)cc1. The van der Waals surface area contributed by atoms with Gasteiger partial charge in [-0.15, -0.1) is 10.2 Å². The summed E-state index contributed by atoms with van der Waals surface area (Å²) in [7, 11) is 0. The number of hydrogen-bond donors (Lipinski definition) is 1. The van der Waals surface area contributed by atoms with Gasteiger partial charge in [-0.1, -0.05) is 41.7 Å². The van der Waals surface area contributed by atoms with Gasteiger partial charge >= 0.3 is 0 Å². The van der Waals surface area contributed by atoms with Gasteiger partial charge in [-0.3, -0.25) is 9.36 Å². The van der Waals surface area contributed by atoms with Gasteiger partial charge in [0.05, 0.1) is 11.4 Å². The Bertz CT molecular complexity index is 961. The van der Waals surface area contributed by atoms with Crippen molar-refractivity contribution < 1.29 is 13.6 Å². The Balaban J connectivity index is 1.63. The molecule has 1 aromatic heterocycles. The average Bonchev–Trinajstić information content (AvgIpc) is 3.02. The second-order valence-corrected chi connectivity index (χ2v) is 7.90. The number of carbonyl (C=O) groups excluding carboxylic acids is 1. The number of amides is 1. The van der Waals surface area contributed by atoms with Crippen LogP contribution in [0.3, 0.4) is 0 Å². The molecule has 0 radical (unpaired) electrons. The molecule has 146 valence electrons. The van der Waals surface area contributed by atoms with E-state index in [1.54, 1.807) is 24.3 Å². The number of nitrogens with one attached hydrogen (secondary N) is 1. The zero-order valence-electron chi connectivity index (χ0n) is 15.2. The van der Waals surface area contributed by atoms with E-state index in [1.807, 2.05) is 42.7 Å². The lowest BCUT2D eigenvalue weighted by Gasteiger charge is -2.11. The quantitative estimate of drug-likeness (QED) is 0.549. The predicted octanol–water partition coefficient (Wildman–Crippen LogP) is 4.93. The summed E-state index contributed by atoms with van der Waals surface area (Å²) in [5.41, 5.74) is 2.61. The van der Waals surface area contributed by atoms with Crippen molar-refractivity contribution in [2.24, 2.45) is 0 Å². The van der Waals surface area contributed by atoms with Gasteiger partial charge in [-0.2, -0.15) is 8.78 Å². The average molecular weight is 421 g/mol. The molecular formula is C19H18F2N4OS2. The van der Waals surface area contributed by atoms with E-state index in [9.17, 15) is 13.6 Å². The van der Waals surface area contributed by atoms with Crippen molar-refractivity contribution in [2.75, 3.05) is 11.1 Å². The largest absolute Gasteiger partial charge is 0.325 e. The molecule has 0 saturated heterocycles. The molecule has 0 spiro atoms. The second-order valence-electron chi connectivity index (χ2n) is 5.89. The van der Waals surface area contributed by atoms with Crippen molar-refractivity contribution in [2.45, 2.75) is 29.7 Å². The number of alkyl halides is 2. The van der Waals surface area contributed by atoms with Crippen LogP contribution in [0.1, 0.15) is 11.4 Å². The number of thioether (sulfide) groups is 2. The van der Waals surface area contributed by atoms with Crippen molar-refractivity contribution >= 4 is 35.1 Å². The van der Waals surface area contributed by atoms with Crippen LogP contribution in [-0.4, -0.2) is 32.2 Å². The smallest absolute Gasteiger partial charge is 0.288 e. The maximum Gasteiger partial charge on any atom is 0.288 e. The number of halogens is 2. The van der Waals surface area contributed by atoms with E-state index in [1.165, 1.54) is 11.8 Å². The van der Waals surface area contributed by atoms with Gasteiger partial charge in [0.1, 0.15) is 5.82 Å². The molecule has 0 aliphatic rings. The van der Waals surface area contributed by atoms with E-state index in [0.717, 1.165) is 17.1 Å². The lowest BCUT2D eigenvalue weighted by molar-refractivity contribution is -0.113. The molecule has 0 atom stereocenters. The topological polar surface area (TPSA) is 59.8 Å². The molecule has 2 aromatic carbocycles. The molecule has 1 heterocycles. The fraction of sp³-hybridized carbons (Fsp3) is 0.211. The Morgan fingerprint density at radius 3 is 2.50 bits per heavy atom. The summed E-state index contributed by atoms with van der Waals surface area (Å²) >= 11 is 1.75. The molecule has 3 aromatic rings. The predicted molar refractivity (Wildman–Crippen MR) is 108 cm³/mol. The second kappa shape index (κ2) is 9.20. The van der Waals surface area contributed by atoms with Crippen LogP contribution < -0.4 is 5.32 Å². The number of aryl methyl sites for hydroxylation is 2. The third-order valence-electron chi connectivity index (χ3n) is 3.85. The fourth-order valence-corrected chi connectivity index (χ4v) is 3.86. The van der Waals surface area contributed by atoms with Gasteiger partial charge in [0, 0.05) is 10.6 Å². The monoisotopic (exact) mass is 420 g/mol. The number of hydrogen-bond acceptors (Lipinski definition) is 5. The highest BCUT2D eigenvalue weighted by Gasteiger charge is 2.15. The Hall–Kier alpha value is -2.39. The lowest BCUT2D eigenvalue weighted by atomic mass is 10.2. The third-order valence-corrected chi connectivity index (χ3v) is 5.50. The molecule has 9 heteroatoms. The van der Waals surface area contributed by atoms with Gasteiger partial charge in [-0.25, -0.2) is 0 Å². The zero-order chi connectivity index (χ0) is 20.1. The van der Waals surface area contributed by atoms with Gasteiger partial charge in [0.2, 0.25) is 5.91 Å². The number of anilines is 1. The molecule has 0 fully saturated rings. The normalized spacial score (nSPS) is 11.0. The summed E-state index contributed by atoms with van der Waals surface area (Å²) in [6.07, 6.45) is 0.